The molecule has 5 nitrogen and oxygen atoms in total. The van der Waals surface area contributed by atoms with Crippen LogP contribution in [0.1, 0.15) is 25.8 Å². The average molecular weight is 310 g/mol. The zero-order valence-corrected chi connectivity index (χ0v) is 13.1. The van der Waals surface area contributed by atoms with Crippen LogP contribution in [0.5, 0.6) is 5.75 Å². The zero-order chi connectivity index (χ0) is 15.9. The van der Waals surface area contributed by atoms with Crippen LogP contribution in [0.25, 0.3) is 0 Å². The van der Waals surface area contributed by atoms with Gasteiger partial charge < -0.3 is 19.7 Å². The molecule has 0 radical (unpaired) electrons. The number of carbonyl (C=O) groups is 1. The summed E-state index contributed by atoms with van der Waals surface area (Å²) in [7, 11) is 0. The Bertz CT molecular complexity index is 510. The lowest BCUT2D eigenvalue weighted by atomic mass is 10.1. The van der Waals surface area contributed by atoms with Crippen molar-refractivity contribution in [1.82, 2.24) is 10.2 Å². The van der Waals surface area contributed by atoms with Gasteiger partial charge in [-0.1, -0.05) is 6.92 Å². The van der Waals surface area contributed by atoms with E-state index < -0.39 is 11.9 Å². The molecule has 0 aromatic heterocycles. The van der Waals surface area contributed by atoms with Crippen molar-refractivity contribution in [2.45, 2.75) is 32.9 Å². The van der Waals surface area contributed by atoms with Crippen molar-refractivity contribution in [3.8, 4) is 5.75 Å². The van der Waals surface area contributed by atoms with Gasteiger partial charge >= 0.3 is 6.09 Å². The second-order valence-corrected chi connectivity index (χ2v) is 5.20. The van der Waals surface area contributed by atoms with Crippen LogP contribution in [0.4, 0.5) is 9.18 Å². The van der Waals surface area contributed by atoms with Crippen molar-refractivity contribution in [3.05, 3.63) is 29.6 Å². The quantitative estimate of drug-likeness (QED) is 0.908. The Hall–Kier alpha value is -1.82. The monoisotopic (exact) mass is 310 g/mol. The fourth-order valence-corrected chi connectivity index (χ4v) is 2.51. The van der Waals surface area contributed by atoms with E-state index in [0.29, 0.717) is 24.5 Å². The molecule has 1 atom stereocenters. The summed E-state index contributed by atoms with van der Waals surface area (Å²) in [5, 5.41) is 3.25. The molecule has 1 amide bonds. The minimum Gasteiger partial charge on any atom is -0.494 e. The van der Waals surface area contributed by atoms with Crippen LogP contribution in [-0.4, -0.2) is 43.3 Å². The van der Waals surface area contributed by atoms with Gasteiger partial charge in [0.2, 0.25) is 0 Å². The third-order valence-electron chi connectivity index (χ3n) is 3.74. The van der Waals surface area contributed by atoms with Crippen LogP contribution in [0.2, 0.25) is 0 Å². The SMILES string of the molecule is CCOc1ccc(F)c(COC(=O)N2CCNC[C@H]2CC)c1. The van der Waals surface area contributed by atoms with Gasteiger partial charge in [-0.15, -0.1) is 0 Å². The number of halogens is 1. The van der Waals surface area contributed by atoms with E-state index in [1.165, 1.54) is 6.07 Å². The van der Waals surface area contributed by atoms with E-state index in [4.69, 9.17) is 9.47 Å². The van der Waals surface area contributed by atoms with Crippen LogP contribution in [0.3, 0.4) is 0 Å². The van der Waals surface area contributed by atoms with Crippen molar-refractivity contribution in [1.29, 1.82) is 0 Å². The molecule has 1 heterocycles. The van der Waals surface area contributed by atoms with Crippen molar-refractivity contribution in [2.75, 3.05) is 26.2 Å². The minimum absolute atomic E-state index is 0.0913. The first-order chi connectivity index (χ1) is 10.7. The maximum Gasteiger partial charge on any atom is 0.410 e. The first-order valence-corrected chi connectivity index (χ1v) is 7.71. The molecule has 1 aliphatic rings. The predicted molar refractivity (Wildman–Crippen MR) is 81.4 cm³/mol. The first kappa shape index (κ1) is 16.5. The topological polar surface area (TPSA) is 50.8 Å². The van der Waals surface area contributed by atoms with Gasteiger partial charge in [0, 0.05) is 31.2 Å². The Morgan fingerprint density at radius 3 is 3.00 bits per heavy atom. The van der Waals surface area contributed by atoms with E-state index in [9.17, 15) is 9.18 Å². The second-order valence-electron chi connectivity index (χ2n) is 5.20. The predicted octanol–water partition coefficient (Wildman–Crippen LogP) is 2.54. The van der Waals surface area contributed by atoms with Crippen LogP contribution < -0.4 is 10.1 Å². The number of piperazine rings is 1. The molecule has 1 N–H and O–H groups in total. The Labute approximate surface area is 130 Å². The van der Waals surface area contributed by atoms with Crippen molar-refractivity contribution >= 4 is 6.09 Å². The number of nitrogens with zero attached hydrogens (tertiary/aromatic N) is 1. The standard InChI is InChI=1S/C16H23FN2O3/c1-3-13-10-18-7-8-19(13)16(20)22-11-12-9-14(21-4-2)5-6-15(12)17/h5-6,9,13,18H,3-4,7-8,10-11H2,1-2H3/t13-/m1/s1. The van der Waals surface area contributed by atoms with Crippen molar-refractivity contribution in [2.24, 2.45) is 0 Å². The maximum absolute atomic E-state index is 13.8. The number of amides is 1. The molecule has 1 fully saturated rings. The van der Waals surface area contributed by atoms with Gasteiger partial charge in [-0.3, -0.25) is 0 Å². The first-order valence-electron chi connectivity index (χ1n) is 7.71. The summed E-state index contributed by atoms with van der Waals surface area (Å²) in [6, 6.07) is 4.59. The number of hydrogen-bond donors (Lipinski definition) is 1. The second kappa shape index (κ2) is 7.98. The molecule has 0 spiro atoms. The van der Waals surface area contributed by atoms with E-state index in [1.54, 1.807) is 17.0 Å². The lowest BCUT2D eigenvalue weighted by molar-refractivity contribution is 0.0706. The van der Waals surface area contributed by atoms with Gasteiger partial charge in [0.25, 0.3) is 0 Å². The van der Waals surface area contributed by atoms with Crippen molar-refractivity contribution < 1.29 is 18.7 Å². The van der Waals surface area contributed by atoms with Crippen LogP contribution in [0, 0.1) is 5.82 Å². The molecular formula is C16H23FN2O3. The molecule has 1 saturated heterocycles. The molecule has 0 unspecified atom stereocenters. The average Bonchev–Trinajstić information content (AvgIpc) is 2.55. The molecule has 1 aliphatic heterocycles. The number of nitrogens with one attached hydrogen (secondary N) is 1. The van der Waals surface area contributed by atoms with E-state index >= 15 is 0 Å². The molecule has 0 bridgehead atoms. The highest BCUT2D eigenvalue weighted by atomic mass is 19.1. The number of carbonyl (C=O) groups excluding carboxylic acids is 1. The molecule has 2 rings (SSSR count). The molecule has 122 valence electrons. The Balaban J connectivity index is 1.96. The smallest absolute Gasteiger partial charge is 0.410 e. The Kier molecular flexibility index (Phi) is 6.00. The minimum atomic E-state index is -0.399. The highest BCUT2D eigenvalue weighted by molar-refractivity contribution is 5.68. The van der Waals surface area contributed by atoms with Gasteiger partial charge in [0.1, 0.15) is 18.2 Å². The normalized spacial score (nSPS) is 18.1. The molecule has 0 aliphatic carbocycles. The summed E-state index contributed by atoms with van der Waals surface area (Å²) in [5.41, 5.74) is 0.322. The number of benzene rings is 1. The lowest BCUT2D eigenvalue weighted by Crippen LogP contribution is -2.53. The molecule has 0 saturated carbocycles. The summed E-state index contributed by atoms with van der Waals surface area (Å²) in [5.74, 6) is 0.173. The third-order valence-corrected chi connectivity index (χ3v) is 3.74. The Morgan fingerprint density at radius 2 is 2.27 bits per heavy atom. The highest BCUT2D eigenvalue weighted by Gasteiger charge is 2.26. The number of rotatable bonds is 5. The summed E-state index contributed by atoms with van der Waals surface area (Å²) in [6.45, 7) is 6.43. The molecular weight excluding hydrogens is 287 g/mol. The summed E-state index contributed by atoms with van der Waals surface area (Å²) in [6.07, 6.45) is 0.464. The van der Waals surface area contributed by atoms with E-state index in [0.717, 1.165) is 19.5 Å². The fourth-order valence-electron chi connectivity index (χ4n) is 2.51. The third kappa shape index (κ3) is 4.10. The van der Waals surface area contributed by atoms with E-state index in [1.807, 2.05) is 13.8 Å². The maximum atomic E-state index is 13.8. The number of ether oxygens (including phenoxy) is 2. The Morgan fingerprint density at radius 1 is 1.45 bits per heavy atom. The lowest BCUT2D eigenvalue weighted by Gasteiger charge is -2.34. The van der Waals surface area contributed by atoms with Gasteiger partial charge in [-0.2, -0.15) is 0 Å². The van der Waals surface area contributed by atoms with Gasteiger partial charge in [0.15, 0.2) is 0 Å². The van der Waals surface area contributed by atoms with Gasteiger partial charge in [-0.25, -0.2) is 9.18 Å². The van der Waals surface area contributed by atoms with Gasteiger partial charge in [0.05, 0.1) is 6.61 Å². The van der Waals surface area contributed by atoms with Crippen LogP contribution >= 0.6 is 0 Å². The summed E-state index contributed by atoms with van der Waals surface area (Å²) in [4.78, 5) is 13.9. The molecule has 1 aromatic rings. The van der Waals surface area contributed by atoms with Crippen LogP contribution in [-0.2, 0) is 11.3 Å². The highest BCUT2D eigenvalue weighted by Crippen LogP contribution is 2.18. The molecule has 1 aromatic carbocycles. The van der Waals surface area contributed by atoms with Gasteiger partial charge in [-0.05, 0) is 31.5 Å². The molecule has 6 heteroatoms. The largest absolute Gasteiger partial charge is 0.494 e. The molecule has 22 heavy (non-hydrogen) atoms. The van der Waals surface area contributed by atoms with Crippen molar-refractivity contribution in [3.63, 3.8) is 0 Å². The fraction of sp³-hybridized carbons (Fsp3) is 0.562. The van der Waals surface area contributed by atoms with Crippen LogP contribution in [0.15, 0.2) is 18.2 Å². The summed E-state index contributed by atoms with van der Waals surface area (Å²) >= 11 is 0. The zero-order valence-electron chi connectivity index (χ0n) is 13.1. The summed E-state index contributed by atoms with van der Waals surface area (Å²) < 4.78 is 24.4. The van der Waals surface area contributed by atoms with E-state index in [2.05, 4.69) is 5.32 Å². The van der Waals surface area contributed by atoms with E-state index in [-0.39, 0.29) is 12.6 Å². The number of hydrogen-bond acceptors (Lipinski definition) is 4.